The number of β-amino-alcohol motifs (C(OH)–C–C–N with tert-alkyl or cyclic N) is 1. The number of likely N-dealkylation sites (tertiary alicyclic amines) is 1. The summed E-state index contributed by atoms with van der Waals surface area (Å²) in [6, 6.07) is 7.81. The molecule has 3 heteroatoms. The van der Waals surface area contributed by atoms with E-state index in [1.807, 2.05) is 31.2 Å². The van der Waals surface area contributed by atoms with E-state index in [9.17, 15) is 5.11 Å². The van der Waals surface area contributed by atoms with Crippen molar-refractivity contribution in [3.05, 3.63) is 29.8 Å². The van der Waals surface area contributed by atoms with E-state index in [0.717, 1.165) is 24.4 Å². The van der Waals surface area contributed by atoms with Crippen molar-refractivity contribution in [3.8, 4) is 5.75 Å². The van der Waals surface area contributed by atoms with E-state index in [2.05, 4.69) is 25.7 Å². The van der Waals surface area contributed by atoms with Gasteiger partial charge in [0.1, 0.15) is 5.75 Å². The van der Waals surface area contributed by atoms with Crippen LogP contribution in [0.5, 0.6) is 5.75 Å². The van der Waals surface area contributed by atoms with Crippen LogP contribution in [0.4, 0.5) is 0 Å². The number of hydrogen-bond donors (Lipinski definition) is 1. The van der Waals surface area contributed by atoms with Crippen LogP contribution in [0.25, 0.3) is 0 Å². The van der Waals surface area contributed by atoms with Crippen LogP contribution in [0, 0.1) is 11.3 Å². The van der Waals surface area contributed by atoms with Gasteiger partial charge < -0.3 is 14.7 Å². The lowest BCUT2D eigenvalue weighted by Crippen LogP contribution is -2.29. The van der Waals surface area contributed by atoms with Gasteiger partial charge in [0.15, 0.2) is 0 Å². The summed E-state index contributed by atoms with van der Waals surface area (Å²) >= 11 is 0. The maximum Gasteiger partial charge on any atom is 0.125 e. The summed E-state index contributed by atoms with van der Waals surface area (Å²) in [6.07, 6.45) is 0.745. The zero-order valence-electron chi connectivity index (χ0n) is 13.8. The molecule has 1 aliphatic rings. The first-order valence-electron chi connectivity index (χ1n) is 8.04. The number of aliphatic hydroxyl groups is 1. The average molecular weight is 291 g/mol. The quantitative estimate of drug-likeness (QED) is 0.901. The molecule has 118 valence electrons. The standard InChI is InChI=1S/C18H29NO2/c1-5-21-17-9-7-6-8-15(17)16(20)13-19-11-10-14(12-19)18(2,3)4/h6-9,14,16,20H,5,10-13H2,1-4H3. The van der Waals surface area contributed by atoms with Crippen LogP contribution in [0.3, 0.4) is 0 Å². The van der Waals surface area contributed by atoms with Gasteiger partial charge in [0, 0.05) is 18.7 Å². The molecule has 21 heavy (non-hydrogen) atoms. The van der Waals surface area contributed by atoms with Crippen molar-refractivity contribution in [1.29, 1.82) is 0 Å². The number of ether oxygens (including phenoxy) is 1. The van der Waals surface area contributed by atoms with E-state index in [1.165, 1.54) is 6.42 Å². The van der Waals surface area contributed by atoms with Crippen molar-refractivity contribution in [3.63, 3.8) is 0 Å². The number of rotatable bonds is 5. The molecule has 0 radical (unpaired) electrons. The molecule has 2 rings (SSSR count). The normalized spacial score (nSPS) is 21.5. The zero-order chi connectivity index (χ0) is 15.5. The van der Waals surface area contributed by atoms with Gasteiger partial charge >= 0.3 is 0 Å². The summed E-state index contributed by atoms with van der Waals surface area (Å²) in [5, 5.41) is 10.6. The number of hydrogen-bond acceptors (Lipinski definition) is 3. The summed E-state index contributed by atoms with van der Waals surface area (Å²) < 4.78 is 5.62. The Morgan fingerprint density at radius 2 is 2.05 bits per heavy atom. The molecule has 1 N–H and O–H groups in total. The second-order valence-electron chi connectivity index (χ2n) is 7.10. The highest BCUT2D eigenvalue weighted by Gasteiger charge is 2.32. The van der Waals surface area contributed by atoms with E-state index in [-0.39, 0.29) is 0 Å². The van der Waals surface area contributed by atoms with Gasteiger partial charge in [-0.15, -0.1) is 0 Å². The fourth-order valence-electron chi connectivity index (χ4n) is 3.09. The highest BCUT2D eigenvalue weighted by atomic mass is 16.5. The lowest BCUT2D eigenvalue weighted by atomic mass is 9.80. The minimum absolute atomic E-state index is 0.350. The third kappa shape index (κ3) is 4.21. The number of aliphatic hydroxyl groups excluding tert-OH is 1. The second kappa shape index (κ2) is 6.80. The summed E-state index contributed by atoms with van der Waals surface area (Å²) in [7, 11) is 0. The Morgan fingerprint density at radius 3 is 2.67 bits per heavy atom. The van der Waals surface area contributed by atoms with Crippen molar-refractivity contribution in [2.24, 2.45) is 11.3 Å². The van der Waals surface area contributed by atoms with E-state index in [1.54, 1.807) is 0 Å². The van der Waals surface area contributed by atoms with Crippen molar-refractivity contribution in [2.45, 2.75) is 40.2 Å². The molecule has 0 saturated carbocycles. The molecule has 0 aliphatic carbocycles. The van der Waals surface area contributed by atoms with Crippen LogP contribution in [0.1, 0.15) is 45.8 Å². The number of benzene rings is 1. The van der Waals surface area contributed by atoms with E-state index >= 15 is 0 Å². The smallest absolute Gasteiger partial charge is 0.125 e. The molecule has 1 saturated heterocycles. The minimum atomic E-state index is -0.480. The average Bonchev–Trinajstić information content (AvgIpc) is 2.88. The molecule has 0 bridgehead atoms. The third-order valence-electron chi connectivity index (χ3n) is 4.51. The van der Waals surface area contributed by atoms with Gasteiger partial charge in [-0.1, -0.05) is 39.0 Å². The lowest BCUT2D eigenvalue weighted by Gasteiger charge is -2.28. The molecule has 1 aliphatic heterocycles. The molecule has 0 aromatic heterocycles. The molecule has 1 aromatic rings. The predicted octanol–water partition coefficient (Wildman–Crippen LogP) is 3.49. The van der Waals surface area contributed by atoms with Gasteiger partial charge in [-0.25, -0.2) is 0 Å². The van der Waals surface area contributed by atoms with Crippen LogP contribution in [-0.4, -0.2) is 36.2 Å². The molecule has 2 unspecified atom stereocenters. The van der Waals surface area contributed by atoms with Gasteiger partial charge in [-0.3, -0.25) is 0 Å². The summed E-state index contributed by atoms with van der Waals surface area (Å²) in [4.78, 5) is 2.38. The molecule has 0 spiro atoms. The van der Waals surface area contributed by atoms with E-state index in [0.29, 0.717) is 24.5 Å². The molecular weight excluding hydrogens is 262 g/mol. The lowest BCUT2D eigenvalue weighted by molar-refractivity contribution is 0.115. The molecular formula is C18H29NO2. The van der Waals surface area contributed by atoms with E-state index in [4.69, 9.17) is 4.74 Å². The topological polar surface area (TPSA) is 32.7 Å². The van der Waals surface area contributed by atoms with Crippen LogP contribution in [0.2, 0.25) is 0 Å². The summed E-state index contributed by atoms with van der Waals surface area (Å²) in [5.74, 6) is 1.52. The van der Waals surface area contributed by atoms with Gasteiger partial charge in [-0.2, -0.15) is 0 Å². The Morgan fingerprint density at radius 1 is 1.33 bits per heavy atom. The van der Waals surface area contributed by atoms with Crippen LogP contribution < -0.4 is 4.74 Å². The van der Waals surface area contributed by atoms with E-state index < -0.39 is 6.10 Å². The molecule has 1 aromatic carbocycles. The largest absolute Gasteiger partial charge is 0.493 e. The first kappa shape index (κ1) is 16.3. The predicted molar refractivity (Wildman–Crippen MR) is 86.6 cm³/mol. The summed E-state index contributed by atoms with van der Waals surface area (Å²) in [5.41, 5.74) is 1.25. The Balaban J connectivity index is 1.98. The summed E-state index contributed by atoms with van der Waals surface area (Å²) in [6.45, 7) is 12.4. The van der Waals surface area contributed by atoms with Crippen molar-refractivity contribution in [2.75, 3.05) is 26.2 Å². The van der Waals surface area contributed by atoms with Crippen LogP contribution in [0.15, 0.2) is 24.3 Å². The SMILES string of the molecule is CCOc1ccccc1C(O)CN1CCC(C(C)(C)C)C1. The Kier molecular flexibility index (Phi) is 5.28. The zero-order valence-corrected chi connectivity index (χ0v) is 13.8. The number of para-hydroxylation sites is 1. The molecule has 2 atom stereocenters. The highest BCUT2D eigenvalue weighted by molar-refractivity contribution is 5.35. The van der Waals surface area contributed by atoms with Gasteiger partial charge in [-0.05, 0) is 37.3 Å². The molecule has 0 amide bonds. The Labute approximate surface area is 128 Å². The molecule has 1 heterocycles. The Hall–Kier alpha value is -1.06. The minimum Gasteiger partial charge on any atom is -0.493 e. The maximum atomic E-state index is 10.6. The van der Waals surface area contributed by atoms with Crippen molar-refractivity contribution >= 4 is 0 Å². The Bertz CT molecular complexity index is 453. The highest BCUT2D eigenvalue weighted by Crippen LogP contribution is 2.34. The van der Waals surface area contributed by atoms with Crippen LogP contribution in [-0.2, 0) is 0 Å². The monoisotopic (exact) mass is 291 g/mol. The van der Waals surface area contributed by atoms with Crippen LogP contribution >= 0.6 is 0 Å². The van der Waals surface area contributed by atoms with Crippen molar-refractivity contribution in [1.82, 2.24) is 4.90 Å². The first-order chi connectivity index (χ1) is 9.91. The fraction of sp³-hybridized carbons (Fsp3) is 0.667. The van der Waals surface area contributed by atoms with Gasteiger partial charge in [0.25, 0.3) is 0 Å². The number of nitrogens with zero attached hydrogens (tertiary/aromatic N) is 1. The first-order valence-corrected chi connectivity index (χ1v) is 8.04. The third-order valence-corrected chi connectivity index (χ3v) is 4.51. The second-order valence-corrected chi connectivity index (χ2v) is 7.10. The molecule has 3 nitrogen and oxygen atoms in total. The molecule has 1 fully saturated rings. The van der Waals surface area contributed by atoms with Gasteiger partial charge in [0.05, 0.1) is 12.7 Å². The van der Waals surface area contributed by atoms with Gasteiger partial charge in [0.2, 0.25) is 0 Å². The van der Waals surface area contributed by atoms with Crippen molar-refractivity contribution < 1.29 is 9.84 Å². The maximum absolute atomic E-state index is 10.6. The fourth-order valence-corrected chi connectivity index (χ4v) is 3.09.